The van der Waals surface area contributed by atoms with E-state index in [0.717, 1.165) is 6.07 Å². The monoisotopic (exact) mass is 358 g/mol. The Hall–Kier alpha value is -3.16. The molecule has 0 radical (unpaired) electrons. The summed E-state index contributed by atoms with van der Waals surface area (Å²) in [6.45, 7) is 0.805. The highest BCUT2D eigenvalue weighted by atomic mass is 16.6. The van der Waals surface area contributed by atoms with Crippen LogP contribution < -0.4 is 4.74 Å². The lowest BCUT2D eigenvalue weighted by atomic mass is 9.89. The smallest absolute Gasteiger partial charge is 0.433 e. The molecule has 1 saturated heterocycles. The topological polar surface area (TPSA) is 103 Å². The number of furan rings is 1. The van der Waals surface area contributed by atoms with Gasteiger partial charge >= 0.3 is 5.88 Å². The Morgan fingerprint density at radius 2 is 1.81 bits per heavy atom. The minimum absolute atomic E-state index is 0.0494. The van der Waals surface area contributed by atoms with Crippen molar-refractivity contribution in [1.82, 2.24) is 4.90 Å². The number of carbonyl (C=O) groups excluding carboxylic acids is 2. The minimum Gasteiger partial charge on any atom is -0.497 e. The van der Waals surface area contributed by atoms with Crippen molar-refractivity contribution in [2.75, 3.05) is 20.2 Å². The maximum absolute atomic E-state index is 12.6. The van der Waals surface area contributed by atoms with E-state index in [-0.39, 0.29) is 17.5 Å². The third-order valence-electron chi connectivity index (χ3n) is 4.51. The molecule has 0 unspecified atom stereocenters. The first-order chi connectivity index (χ1) is 12.5. The number of ether oxygens (including phenoxy) is 1. The van der Waals surface area contributed by atoms with Crippen molar-refractivity contribution in [3.63, 3.8) is 0 Å². The molecule has 0 saturated carbocycles. The summed E-state index contributed by atoms with van der Waals surface area (Å²) in [6, 6.07) is 9.43. The highest BCUT2D eigenvalue weighted by molar-refractivity contribution is 5.98. The van der Waals surface area contributed by atoms with Crippen molar-refractivity contribution in [1.29, 1.82) is 0 Å². The van der Waals surface area contributed by atoms with E-state index < -0.39 is 16.7 Å². The fourth-order valence-electron chi connectivity index (χ4n) is 3.03. The summed E-state index contributed by atoms with van der Waals surface area (Å²) in [5.41, 5.74) is 0.622. The standard InChI is InChI=1S/C18H18N2O6/c1-25-14-4-2-12(3-5-14)17(21)13-8-10-19(11-9-13)18(22)15-6-7-16(26-15)20(23)24/h2-7,13H,8-11H2,1H3. The molecular weight excluding hydrogens is 340 g/mol. The molecule has 136 valence electrons. The predicted octanol–water partition coefficient (Wildman–Crippen LogP) is 2.93. The van der Waals surface area contributed by atoms with E-state index in [1.54, 1.807) is 36.3 Å². The number of Topliss-reactive ketones (excluding diaryl/α,β-unsaturated/α-hetero) is 1. The van der Waals surface area contributed by atoms with E-state index >= 15 is 0 Å². The molecule has 0 N–H and O–H groups in total. The lowest BCUT2D eigenvalue weighted by Crippen LogP contribution is -2.40. The molecule has 0 spiro atoms. The summed E-state index contributed by atoms with van der Waals surface area (Å²) in [4.78, 5) is 36.5. The summed E-state index contributed by atoms with van der Waals surface area (Å²) < 4.78 is 10.0. The number of nitrogens with zero attached hydrogens (tertiary/aromatic N) is 2. The van der Waals surface area contributed by atoms with Crippen LogP contribution in [0, 0.1) is 16.0 Å². The number of hydrogen-bond acceptors (Lipinski definition) is 6. The number of hydrogen-bond donors (Lipinski definition) is 0. The van der Waals surface area contributed by atoms with E-state index in [4.69, 9.17) is 9.15 Å². The average molecular weight is 358 g/mol. The van der Waals surface area contributed by atoms with Gasteiger partial charge in [0.15, 0.2) is 11.5 Å². The summed E-state index contributed by atoms with van der Waals surface area (Å²) in [6.07, 6.45) is 1.08. The number of likely N-dealkylation sites (tertiary alicyclic amines) is 1. The second-order valence-electron chi connectivity index (χ2n) is 6.05. The normalized spacial score (nSPS) is 14.9. The van der Waals surface area contributed by atoms with Crippen LogP contribution in [0.15, 0.2) is 40.8 Å². The Balaban J connectivity index is 1.60. The maximum atomic E-state index is 12.6. The van der Waals surface area contributed by atoms with Gasteiger partial charge in [0.2, 0.25) is 0 Å². The fraction of sp³-hybridized carbons (Fsp3) is 0.333. The van der Waals surface area contributed by atoms with Crippen LogP contribution in [0.4, 0.5) is 5.88 Å². The zero-order valence-corrected chi connectivity index (χ0v) is 14.2. The average Bonchev–Trinajstić information content (AvgIpc) is 3.17. The molecule has 0 atom stereocenters. The highest BCUT2D eigenvalue weighted by Crippen LogP contribution is 2.25. The fourth-order valence-corrected chi connectivity index (χ4v) is 3.03. The van der Waals surface area contributed by atoms with Crippen LogP contribution in [0.2, 0.25) is 0 Å². The van der Waals surface area contributed by atoms with Crippen molar-refractivity contribution in [3.8, 4) is 5.75 Å². The third-order valence-corrected chi connectivity index (χ3v) is 4.51. The van der Waals surface area contributed by atoms with Crippen LogP contribution in [0.5, 0.6) is 5.75 Å². The van der Waals surface area contributed by atoms with Gasteiger partial charge in [-0.2, -0.15) is 0 Å². The first-order valence-corrected chi connectivity index (χ1v) is 8.21. The number of ketones is 1. The minimum atomic E-state index is -0.684. The van der Waals surface area contributed by atoms with Crippen LogP contribution in [0.1, 0.15) is 33.8 Å². The van der Waals surface area contributed by atoms with Crippen LogP contribution in [-0.2, 0) is 0 Å². The number of piperidine rings is 1. The Bertz CT molecular complexity index is 818. The van der Waals surface area contributed by atoms with Crippen molar-refractivity contribution < 1.29 is 23.7 Å². The van der Waals surface area contributed by atoms with E-state index in [1.807, 2.05) is 0 Å². The predicted molar refractivity (Wildman–Crippen MR) is 91.3 cm³/mol. The summed E-state index contributed by atoms with van der Waals surface area (Å²) in [5, 5.41) is 10.6. The van der Waals surface area contributed by atoms with Gasteiger partial charge in [-0.15, -0.1) is 0 Å². The molecule has 2 heterocycles. The van der Waals surface area contributed by atoms with Crippen molar-refractivity contribution in [2.45, 2.75) is 12.8 Å². The first kappa shape index (κ1) is 17.7. The molecule has 1 aromatic carbocycles. The van der Waals surface area contributed by atoms with Gasteiger partial charge in [0.05, 0.1) is 13.2 Å². The molecular formula is C18H18N2O6. The third kappa shape index (κ3) is 3.58. The van der Waals surface area contributed by atoms with Gasteiger partial charge in [-0.1, -0.05) is 0 Å². The molecule has 1 aromatic heterocycles. The van der Waals surface area contributed by atoms with Gasteiger partial charge < -0.3 is 14.1 Å². The second-order valence-corrected chi connectivity index (χ2v) is 6.05. The van der Waals surface area contributed by atoms with Crippen LogP contribution in [0.3, 0.4) is 0 Å². The van der Waals surface area contributed by atoms with Gasteiger partial charge in [0.25, 0.3) is 5.91 Å². The van der Waals surface area contributed by atoms with E-state index in [9.17, 15) is 19.7 Å². The van der Waals surface area contributed by atoms with Crippen molar-refractivity contribution in [2.24, 2.45) is 5.92 Å². The first-order valence-electron chi connectivity index (χ1n) is 8.21. The summed E-state index contributed by atoms with van der Waals surface area (Å²) in [5.74, 6) is -0.329. The quantitative estimate of drug-likeness (QED) is 0.462. The molecule has 0 bridgehead atoms. The molecule has 1 aliphatic heterocycles. The summed E-state index contributed by atoms with van der Waals surface area (Å²) in [7, 11) is 1.57. The number of carbonyl (C=O) groups is 2. The molecule has 0 aliphatic carbocycles. The number of benzene rings is 1. The number of nitro groups is 1. The van der Waals surface area contributed by atoms with Crippen LogP contribution in [-0.4, -0.2) is 41.7 Å². The van der Waals surface area contributed by atoms with Crippen LogP contribution in [0.25, 0.3) is 0 Å². The lowest BCUT2D eigenvalue weighted by Gasteiger charge is -2.30. The Labute approximate surface area is 149 Å². The highest BCUT2D eigenvalue weighted by Gasteiger charge is 2.30. The molecule has 1 fully saturated rings. The van der Waals surface area contributed by atoms with Gasteiger partial charge in [0.1, 0.15) is 10.7 Å². The molecule has 8 nitrogen and oxygen atoms in total. The van der Waals surface area contributed by atoms with Gasteiger partial charge in [-0.25, -0.2) is 0 Å². The zero-order chi connectivity index (χ0) is 18.7. The van der Waals surface area contributed by atoms with E-state index in [2.05, 4.69) is 0 Å². The lowest BCUT2D eigenvalue weighted by molar-refractivity contribution is -0.402. The summed E-state index contributed by atoms with van der Waals surface area (Å²) >= 11 is 0. The number of amides is 1. The molecule has 3 rings (SSSR count). The largest absolute Gasteiger partial charge is 0.497 e. The molecule has 8 heteroatoms. The van der Waals surface area contributed by atoms with Crippen molar-refractivity contribution in [3.05, 3.63) is 57.8 Å². The maximum Gasteiger partial charge on any atom is 0.433 e. The van der Waals surface area contributed by atoms with E-state index in [1.165, 1.54) is 6.07 Å². The van der Waals surface area contributed by atoms with E-state index in [0.29, 0.717) is 37.2 Å². The van der Waals surface area contributed by atoms with Gasteiger partial charge in [-0.3, -0.25) is 19.7 Å². The zero-order valence-electron chi connectivity index (χ0n) is 14.2. The molecule has 1 amide bonds. The van der Waals surface area contributed by atoms with Gasteiger partial charge in [0, 0.05) is 24.6 Å². The van der Waals surface area contributed by atoms with Gasteiger partial charge in [-0.05, 0) is 43.2 Å². The molecule has 2 aromatic rings. The Morgan fingerprint density at radius 1 is 1.15 bits per heavy atom. The SMILES string of the molecule is COc1ccc(C(=O)C2CCN(C(=O)c3ccc([N+](=O)[O-])o3)CC2)cc1. The Kier molecular flexibility index (Phi) is 5.01. The number of rotatable bonds is 5. The number of methoxy groups -OCH3 is 1. The van der Waals surface area contributed by atoms with Crippen molar-refractivity contribution >= 4 is 17.6 Å². The second kappa shape index (κ2) is 7.38. The Morgan fingerprint density at radius 3 is 2.35 bits per heavy atom. The molecule has 26 heavy (non-hydrogen) atoms. The molecule has 1 aliphatic rings. The van der Waals surface area contributed by atoms with Crippen LogP contribution >= 0.6 is 0 Å².